The van der Waals surface area contributed by atoms with Gasteiger partial charge in [-0.05, 0) is 39.5 Å². The summed E-state index contributed by atoms with van der Waals surface area (Å²) in [5.74, 6) is -0.131. The van der Waals surface area contributed by atoms with Crippen molar-refractivity contribution in [3.8, 4) is 0 Å². The normalized spacial score (nSPS) is 25.4. The van der Waals surface area contributed by atoms with Gasteiger partial charge >= 0.3 is 0 Å². The van der Waals surface area contributed by atoms with Crippen LogP contribution >= 0.6 is 0 Å². The van der Waals surface area contributed by atoms with Crippen LogP contribution in [0.2, 0.25) is 0 Å². The lowest BCUT2D eigenvalue weighted by Gasteiger charge is -2.28. The van der Waals surface area contributed by atoms with Gasteiger partial charge in [0.05, 0.1) is 0 Å². The Kier molecular flexibility index (Phi) is 5.62. The molecule has 2 fully saturated rings. The highest BCUT2D eigenvalue weighted by Crippen LogP contribution is 2.22. The maximum absolute atomic E-state index is 12.4. The van der Waals surface area contributed by atoms with E-state index in [1.165, 1.54) is 10.7 Å². The molecule has 0 aromatic rings. The Morgan fingerprint density at radius 1 is 1.10 bits per heavy atom. The van der Waals surface area contributed by atoms with Crippen molar-refractivity contribution >= 4 is 16.1 Å². The van der Waals surface area contributed by atoms with E-state index in [2.05, 4.69) is 10.0 Å². The van der Waals surface area contributed by atoms with Crippen LogP contribution in [0.1, 0.15) is 58.8 Å². The molecule has 1 saturated carbocycles. The van der Waals surface area contributed by atoms with Crippen molar-refractivity contribution in [2.75, 3.05) is 6.54 Å². The molecular weight excluding hydrogens is 290 g/mol. The van der Waals surface area contributed by atoms with Crippen molar-refractivity contribution in [1.82, 2.24) is 14.3 Å². The molecule has 7 heteroatoms. The van der Waals surface area contributed by atoms with Crippen molar-refractivity contribution in [2.45, 2.75) is 76.9 Å². The predicted molar refractivity (Wildman–Crippen MR) is 81.9 cm³/mol. The van der Waals surface area contributed by atoms with E-state index in [1.807, 2.05) is 0 Å². The summed E-state index contributed by atoms with van der Waals surface area (Å²) in [4.78, 5) is 12.4. The van der Waals surface area contributed by atoms with Gasteiger partial charge in [0.15, 0.2) is 0 Å². The van der Waals surface area contributed by atoms with Crippen LogP contribution in [0, 0.1) is 0 Å². The highest BCUT2D eigenvalue weighted by atomic mass is 32.2. The monoisotopic (exact) mass is 317 g/mol. The van der Waals surface area contributed by atoms with E-state index >= 15 is 0 Å². The lowest BCUT2D eigenvalue weighted by Crippen LogP contribution is -2.52. The zero-order valence-electron chi connectivity index (χ0n) is 13.0. The van der Waals surface area contributed by atoms with Crippen LogP contribution in [-0.2, 0) is 15.0 Å². The molecule has 0 aromatic heterocycles. The van der Waals surface area contributed by atoms with Crippen LogP contribution in [0.4, 0.5) is 0 Å². The van der Waals surface area contributed by atoms with Gasteiger partial charge in [0.2, 0.25) is 5.91 Å². The van der Waals surface area contributed by atoms with E-state index < -0.39 is 16.3 Å². The molecule has 1 amide bonds. The Labute approximate surface area is 127 Å². The van der Waals surface area contributed by atoms with Crippen molar-refractivity contribution in [1.29, 1.82) is 0 Å². The molecular formula is C14H27N3O3S. The lowest BCUT2D eigenvalue weighted by molar-refractivity contribution is -0.125. The third kappa shape index (κ3) is 4.40. The van der Waals surface area contributed by atoms with Crippen LogP contribution in [-0.4, -0.2) is 43.3 Å². The lowest BCUT2D eigenvalue weighted by atomic mass is 9.95. The van der Waals surface area contributed by atoms with Crippen LogP contribution in [0.5, 0.6) is 0 Å². The summed E-state index contributed by atoms with van der Waals surface area (Å²) in [7, 11) is -3.57. The highest BCUT2D eigenvalue weighted by molar-refractivity contribution is 7.87. The van der Waals surface area contributed by atoms with Crippen molar-refractivity contribution in [3.05, 3.63) is 0 Å². The third-order valence-electron chi connectivity index (χ3n) is 4.15. The number of carbonyl (C=O) groups is 1. The second-order valence-corrected chi connectivity index (χ2v) is 8.04. The average molecular weight is 317 g/mol. The number of hydrogen-bond acceptors (Lipinski definition) is 3. The van der Waals surface area contributed by atoms with Crippen molar-refractivity contribution < 1.29 is 13.2 Å². The Bertz CT molecular complexity index is 458. The highest BCUT2D eigenvalue weighted by Gasteiger charge is 2.39. The van der Waals surface area contributed by atoms with E-state index in [-0.39, 0.29) is 18.0 Å². The maximum Gasteiger partial charge on any atom is 0.280 e. The fraction of sp³-hybridized carbons (Fsp3) is 0.929. The molecule has 1 saturated heterocycles. The smallest absolute Gasteiger partial charge is 0.280 e. The minimum Gasteiger partial charge on any atom is -0.352 e. The molecule has 1 atom stereocenters. The summed E-state index contributed by atoms with van der Waals surface area (Å²) >= 11 is 0. The van der Waals surface area contributed by atoms with Gasteiger partial charge in [0.1, 0.15) is 6.04 Å². The van der Waals surface area contributed by atoms with Gasteiger partial charge < -0.3 is 5.32 Å². The molecule has 1 aliphatic carbocycles. The van der Waals surface area contributed by atoms with Gasteiger partial charge in [0, 0.05) is 18.6 Å². The summed E-state index contributed by atoms with van der Waals surface area (Å²) < 4.78 is 28.5. The van der Waals surface area contributed by atoms with Crippen LogP contribution in [0.15, 0.2) is 0 Å². The van der Waals surface area contributed by atoms with Crippen LogP contribution in [0.3, 0.4) is 0 Å². The molecule has 2 rings (SSSR count). The molecule has 1 heterocycles. The number of amides is 1. The molecule has 0 spiro atoms. The summed E-state index contributed by atoms with van der Waals surface area (Å²) in [6, 6.07) is -0.504. The fourth-order valence-electron chi connectivity index (χ4n) is 3.20. The standard InChI is InChI=1S/C14H27N3O3S/c1-11(2)16-21(19,20)17-10-6-9-13(17)14(18)15-12-7-4-3-5-8-12/h11-13,16H,3-10H2,1-2H3,(H,15,18). The maximum atomic E-state index is 12.4. The van der Waals surface area contributed by atoms with E-state index in [0.717, 1.165) is 32.1 Å². The molecule has 2 aliphatic rings. The molecule has 122 valence electrons. The molecule has 21 heavy (non-hydrogen) atoms. The Balaban J connectivity index is 1.98. The van der Waals surface area contributed by atoms with Gasteiger partial charge in [-0.25, -0.2) is 0 Å². The number of carbonyl (C=O) groups excluding carboxylic acids is 1. The van der Waals surface area contributed by atoms with E-state index in [1.54, 1.807) is 13.8 Å². The van der Waals surface area contributed by atoms with Gasteiger partial charge in [-0.15, -0.1) is 0 Å². The van der Waals surface area contributed by atoms with Crippen LogP contribution in [0.25, 0.3) is 0 Å². The average Bonchev–Trinajstić information content (AvgIpc) is 2.88. The van der Waals surface area contributed by atoms with Crippen LogP contribution < -0.4 is 10.0 Å². The molecule has 1 unspecified atom stereocenters. The quantitative estimate of drug-likeness (QED) is 0.798. The molecule has 0 aromatic carbocycles. The zero-order chi connectivity index (χ0) is 15.5. The SMILES string of the molecule is CC(C)NS(=O)(=O)N1CCCC1C(=O)NC1CCCCC1. The first-order chi connectivity index (χ1) is 9.90. The zero-order valence-corrected chi connectivity index (χ0v) is 13.8. The van der Waals surface area contributed by atoms with Gasteiger partial charge in [-0.1, -0.05) is 19.3 Å². The second-order valence-electron chi connectivity index (χ2n) is 6.39. The van der Waals surface area contributed by atoms with Crippen molar-refractivity contribution in [2.24, 2.45) is 0 Å². The van der Waals surface area contributed by atoms with E-state index in [4.69, 9.17) is 0 Å². The summed E-state index contributed by atoms with van der Waals surface area (Å²) in [5, 5.41) is 3.04. The van der Waals surface area contributed by atoms with E-state index in [9.17, 15) is 13.2 Å². The van der Waals surface area contributed by atoms with Gasteiger partial charge in [-0.2, -0.15) is 17.4 Å². The molecule has 0 bridgehead atoms. The predicted octanol–water partition coefficient (Wildman–Crippen LogP) is 1.14. The summed E-state index contributed by atoms with van der Waals surface area (Å²) in [5.41, 5.74) is 0. The molecule has 1 aliphatic heterocycles. The third-order valence-corrected chi connectivity index (χ3v) is 5.98. The molecule has 0 radical (unpaired) electrons. The topological polar surface area (TPSA) is 78.5 Å². The summed E-state index contributed by atoms with van der Waals surface area (Å²) in [6.45, 7) is 3.99. The first kappa shape index (κ1) is 16.7. The minimum absolute atomic E-state index is 0.131. The van der Waals surface area contributed by atoms with Gasteiger partial charge in [0.25, 0.3) is 10.2 Å². The second kappa shape index (κ2) is 7.07. The molecule has 6 nitrogen and oxygen atoms in total. The van der Waals surface area contributed by atoms with Gasteiger partial charge in [-0.3, -0.25) is 4.79 Å². The number of rotatable bonds is 5. The first-order valence-electron chi connectivity index (χ1n) is 7.99. The largest absolute Gasteiger partial charge is 0.352 e. The number of nitrogens with zero attached hydrogens (tertiary/aromatic N) is 1. The molecule has 2 N–H and O–H groups in total. The van der Waals surface area contributed by atoms with E-state index in [0.29, 0.717) is 13.0 Å². The Morgan fingerprint density at radius 3 is 2.38 bits per heavy atom. The van der Waals surface area contributed by atoms with Crippen molar-refractivity contribution in [3.63, 3.8) is 0 Å². The Hall–Kier alpha value is -0.660. The first-order valence-corrected chi connectivity index (χ1v) is 9.43. The number of nitrogens with one attached hydrogen (secondary N) is 2. The Morgan fingerprint density at radius 2 is 1.76 bits per heavy atom. The minimum atomic E-state index is -3.57. The summed E-state index contributed by atoms with van der Waals surface area (Å²) in [6.07, 6.45) is 6.89. The number of hydrogen-bond donors (Lipinski definition) is 2. The fourth-order valence-corrected chi connectivity index (χ4v) is 4.84.